The highest BCUT2D eigenvalue weighted by atomic mass is 16.2. The van der Waals surface area contributed by atoms with Crippen LogP contribution in [0.4, 0.5) is 0 Å². The first-order valence-electron chi connectivity index (χ1n) is 8.06. The first kappa shape index (κ1) is 18.2. The van der Waals surface area contributed by atoms with Gasteiger partial charge in [-0.25, -0.2) is 0 Å². The van der Waals surface area contributed by atoms with Crippen LogP contribution in [0.2, 0.25) is 0 Å². The third kappa shape index (κ3) is 5.17. The number of carbonyl (C=O) groups excluding carboxylic acids is 2. The summed E-state index contributed by atoms with van der Waals surface area (Å²) in [5, 5.41) is 5.86. The van der Waals surface area contributed by atoms with Crippen molar-refractivity contribution >= 4 is 11.8 Å². The summed E-state index contributed by atoms with van der Waals surface area (Å²) >= 11 is 0. The highest BCUT2D eigenvalue weighted by Gasteiger charge is 2.25. The lowest BCUT2D eigenvalue weighted by Gasteiger charge is -2.24. The van der Waals surface area contributed by atoms with E-state index in [1.54, 1.807) is 12.1 Å². The number of hydrogen-bond acceptors (Lipinski definition) is 2. The van der Waals surface area contributed by atoms with Crippen LogP contribution < -0.4 is 10.6 Å². The van der Waals surface area contributed by atoms with Gasteiger partial charge in [-0.15, -0.1) is 0 Å². The molecule has 1 rings (SSSR count). The van der Waals surface area contributed by atoms with Crippen LogP contribution in [0.15, 0.2) is 24.3 Å². The SMILES string of the molecule is CCC(CC)NC(=O)C(NC(=O)c1ccc(C)cc1)C(C)C. The largest absolute Gasteiger partial charge is 0.352 e. The molecular weight excluding hydrogens is 276 g/mol. The maximum absolute atomic E-state index is 12.4. The van der Waals surface area contributed by atoms with Crippen molar-refractivity contribution in [2.75, 3.05) is 0 Å². The second kappa shape index (κ2) is 8.57. The van der Waals surface area contributed by atoms with E-state index in [1.807, 2.05) is 46.8 Å². The van der Waals surface area contributed by atoms with E-state index in [-0.39, 0.29) is 23.8 Å². The molecule has 1 atom stereocenters. The van der Waals surface area contributed by atoms with Crippen LogP contribution in [0.25, 0.3) is 0 Å². The summed E-state index contributed by atoms with van der Waals surface area (Å²) in [5.74, 6) is -0.286. The summed E-state index contributed by atoms with van der Waals surface area (Å²) in [6, 6.07) is 6.98. The molecule has 0 aliphatic carbocycles. The molecule has 22 heavy (non-hydrogen) atoms. The van der Waals surface area contributed by atoms with Gasteiger partial charge < -0.3 is 10.6 Å². The van der Waals surface area contributed by atoms with Crippen molar-refractivity contribution < 1.29 is 9.59 Å². The molecule has 4 heteroatoms. The molecule has 0 aliphatic heterocycles. The molecule has 0 bridgehead atoms. The molecule has 4 nitrogen and oxygen atoms in total. The topological polar surface area (TPSA) is 58.2 Å². The Kier molecular flexibility index (Phi) is 7.09. The molecule has 0 saturated heterocycles. The molecule has 0 saturated carbocycles. The average Bonchev–Trinajstić information content (AvgIpc) is 2.50. The standard InChI is InChI=1S/C18H28N2O2/c1-6-15(7-2)19-18(22)16(12(3)4)20-17(21)14-10-8-13(5)9-11-14/h8-12,15-16H,6-7H2,1-5H3,(H,19,22)(H,20,21). The molecule has 1 unspecified atom stereocenters. The number of benzene rings is 1. The van der Waals surface area contributed by atoms with Crippen molar-refractivity contribution in [1.82, 2.24) is 10.6 Å². The fourth-order valence-electron chi connectivity index (χ4n) is 2.25. The predicted molar refractivity (Wildman–Crippen MR) is 89.8 cm³/mol. The van der Waals surface area contributed by atoms with Gasteiger partial charge in [-0.2, -0.15) is 0 Å². The van der Waals surface area contributed by atoms with Crippen LogP contribution in [-0.4, -0.2) is 23.9 Å². The van der Waals surface area contributed by atoms with Gasteiger partial charge in [-0.3, -0.25) is 9.59 Å². The third-order valence-electron chi connectivity index (χ3n) is 3.88. The zero-order valence-electron chi connectivity index (χ0n) is 14.3. The Bertz CT molecular complexity index is 490. The van der Waals surface area contributed by atoms with Crippen molar-refractivity contribution in [1.29, 1.82) is 0 Å². The Morgan fingerprint density at radius 1 is 1.00 bits per heavy atom. The van der Waals surface area contributed by atoms with Crippen LogP contribution in [0, 0.1) is 12.8 Å². The van der Waals surface area contributed by atoms with Gasteiger partial charge in [0, 0.05) is 11.6 Å². The van der Waals surface area contributed by atoms with Crippen LogP contribution in [0.5, 0.6) is 0 Å². The maximum atomic E-state index is 12.4. The highest BCUT2D eigenvalue weighted by Crippen LogP contribution is 2.08. The molecule has 0 radical (unpaired) electrons. The fourth-order valence-corrected chi connectivity index (χ4v) is 2.25. The van der Waals surface area contributed by atoms with E-state index in [0.717, 1.165) is 18.4 Å². The van der Waals surface area contributed by atoms with Crippen LogP contribution >= 0.6 is 0 Å². The second-order valence-electron chi connectivity index (χ2n) is 6.08. The smallest absolute Gasteiger partial charge is 0.251 e. The normalized spacial score (nSPS) is 12.3. The lowest BCUT2D eigenvalue weighted by atomic mass is 10.0. The summed E-state index contributed by atoms with van der Waals surface area (Å²) in [5.41, 5.74) is 1.68. The van der Waals surface area contributed by atoms with Gasteiger partial charge in [-0.05, 0) is 37.8 Å². The summed E-state index contributed by atoms with van der Waals surface area (Å²) < 4.78 is 0. The number of aryl methyl sites for hydroxylation is 1. The molecule has 2 amide bonds. The minimum absolute atomic E-state index is 0.0313. The van der Waals surface area contributed by atoms with E-state index in [2.05, 4.69) is 10.6 Å². The summed E-state index contributed by atoms with van der Waals surface area (Å²) in [7, 11) is 0. The third-order valence-corrected chi connectivity index (χ3v) is 3.88. The fraction of sp³-hybridized carbons (Fsp3) is 0.556. The molecule has 1 aromatic carbocycles. The molecule has 122 valence electrons. The van der Waals surface area contributed by atoms with Crippen molar-refractivity contribution in [2.24, 2.45) is 5.92 Å². The molecule has 1 aromatic rings. The number of carbonyl (C=O) groups is 2. The van der Waals surface area contributed by atoms with Crippen molar-refractivity contribution in [2.45, 2.75) is 59.5 Å². The van der Waals surface area contributed by atoms with E-state index in [9.17, 15) is 9.59 Å². The molecular formula is C18H28N2O2. The Balaban J connectivity index is 2.77. The van der Waals surface area contributed by atoms with Crippen molar-refractivity contribution in [3.63, 3.8) is 0 Å². The van der Waals surface area contributed by atoms with Gasteiger partial charge in [0.15, 0.2) is 0 Å². The average molecular weight is 304 g/mol. The molecule has 0 aliphatic rings. The Hall–Kier alpha value is -1.84. The summed E-state index contributed by atoms with van der Waals surface area (Å²) in [6.45, 7) is 9.94. The molecule has 0 fully saturated rings. The van der Waals surface area contributed by atoms with Gasteiger partial charge in [0.25, 0.3) is 5.91 Å². The number of rotatable bonds is 7. The van der Waals surface area contributed by atoms with Gasteiger partial charge in [0.2, 0.25) is 5.91 Å². The molecule has 0 heterocycles. The summed E-state index contributed by atoms with van der Waals surface area (Å²) in [4.78, 5) is 24.7. The van der Waals surface area contributed by atoms with Crippen molar-refractivity contribution in [3.8, 4) is 0 Å². The van der Waals surface area contributed by atoms with E-state index in [1.165, 1.54) is 0 Å². The zero-order valence-corrected chi connectivity index (χ0v) is 14.3. The Morgan fingerprint density at radius 3 is 2.00 bits per heavy atom. The van der Waals surface area contributed by atoms with E-state index >= 15 is 0 Å². The van der Waals surface area contributed by atoms with Crippen LogP contribution in [0.1, 0.15) is 56.5 Å². The van der Waals surface area contributed by atoms with E-state index in [0.29, 0.717) is 5.56 Å². The second-order valence-corrected chi connectivity index (χ2v) is 6.08. The maximum Gasteiger partial charge on any atom is 0.251 e. The highest BCUT2D eigenvalue weighted by molar-refractivity contribution is 5.97. The lowest BCUT2D eigenvalue weighted by molar-refractivity contribution is -0.124. The zero-order chi connectivity index (χ0) is 16.7. The van der Waals surface area contributed by atoms with Gasteiger partial charge in [0.1, 0.15) is 6.04 Å². The van der Waals surface area contributed by atoms with Crippen LogP contribution in [0.3, 0.4) is 0 Å². The quantitative estimate of drug-likeness (QED) is 0.813. The van der Waals surface area contributed by atoms with Gasteiger partial charge in [-0.1, -0.05) is 45.4 Å². The van der Waals surface area contributed by atoms with E-state index < -0.39 is 6.04 Å². The number of amides is 2. The predicted octanol–water partition coefficient (Wildman–Crippen LogP) is 3.05. The molecule has 0 spiro atoms. The summed E-state index contributed by atoms with van der Waals surface area (Å²) in [6.07, 6.45) is 1.78. The lowest BCUT2D eigenvalue weighted by Crippen LogP contribution is -2.51. The molecule has 2 N–H and O–H groups in total. The minimum Gasteiger partial charge on any atom is -0.352 e. The number of nitrogens with one attached hydrogen (secondary N) is 2. The molecule has 0 aromatic heterocycles. The first-order chi connectivity index (χ1) is 10.4. The Labute approximate surface area is 133 Å². The van der Waals surface area contributed by atoms with Crippen LogP contribution in [-0.2, 0) is 4.79 Å². The van der Waals surface area contributed by atoms with Crippen molar-refractivity contribution in [3.05, 3.63) is 35.4 Å². The number of hydrogen-bond donors (Lipinski definition) is 2. The minimum atomic E-state index is -0.519. The van der Waals surface area contributed by atoms with E-state index in [4.69, 9.17) is 0 Å². The van der Waals surface area contributed by atoms with Gasteiger partial charge in [0.05, 0.1) is 0 Å². The first-order valence-corrected chi connectivity index (χ1v) is 8.06. The monoisotopic (exact) mass is 304 g/mol. The Morgan fingerprint density at radius 2 is 1.55 bits per heavy atom. The van der Waals surface area contributed by atoms with Gasteiger partial charge >= 0.3 is 0 Å².